The smallest absolute Gasteiger partial charge is 0.326 e. The standard InChI is InChI=1S/H3O4P.H3O3P.Zr/c1-5(2,3)4;1-4(2)3;/h(H3,1,2,3,4);4H,(H2,1,2,3);. The summed E-state index contributed by atoms with van der Waals surface area (Å²) in [7, 11) is -7.77. The van der Waals surface area contributed by atoms with Crippen LogP contribution in [0.5, 0.6) is 0 Å². The molecule has 0 bridgehead atoms. The van der Waals surface area contributed by atoms with Gasteiger partial charge in [0.1, 0.15) is 0 Å². The van der Waals surface area contributed by atoms with Gasteiger partial charge in [0.15, 0.2) is 0 Å². The molecule has 0 spiro atoms. The van der Waals surface area contributed by atoms with Crippen molar-refractivity contribution in [3.63, 3.8) is 0 Å². The molecule has 62 valence electrons. The molecule has 0 unspecified atom stereocenters. The summed E-state index contributed by atoms with van der Waals surface area (Å²) in [5.74, 6) is 0. The fourth-order valence-electron chi connectivity index (χ4n) is 0. The fraction of sp³-hybridized carbons (Fsp3) is 0. The molecule has 0 aromatic carbocycles. The first-order chi connectivity index (χ1) is 3.73. The van der Waals surface area contributed by atoms with E-state index in [4.69, 9.17) is 33.6 Å². The van der Waals surface area contributed by atoms with Gasteiger partial charge in [0.05, 0.1) is 0 Å². The van der Waals surface area contributed by atoms with E-state index in [1.807, 2.05) is 0 Å². The molecular formula is H6O7P2Zr. The van der Waals surface area contributed by atoms with Gasteiger partial charge < -0.3 is 24.5 Å². The Hall–Kier alpha value is 1.14. The van der Waals surface area contributed by atoms with E-state index in [0.29, 0.717) is 0 Å². The van der Waals surface area contributed by atoms with Crippen LogP contribution in [0.4, 0.5) is 0 Å². The van der Waals surface area contributed by atoms with E-state index >= 15 is 0 Å². The van der Waals surface area contributed by atoms with Crippen LogP contribution in [0.2, 0.25) is 0 Å². The average Bonchev–Trinajstić information content (AvgIpc) is 1.19. The van der Waals surface area contributed by atoms with Gasteiger partial charge in [-0.2, -0.15) is 0 Å². The van der Waals surface area contributed by atoms with Crippen LogP contribution in [0, 0.1) is 0 Å². The van der Waals surface area contributed by atoms with Gasteiger partial charge in [0.25, 0.3) is 0 Å². The maximum Gasteiger partial charge on any atom is 0.466 e. The molecule has 0 aromatic rings. The van der Waals surface area contributed by atoms with Gasteiger partial charge >= 0.3 is 16.1 Å². The maximum atomic E-state index is 8.88. The Morgan fingerprint density at radius 3 is 1.10 bits per heavy atom. The second kappa shape index (κ2) is 8.24. The maximum absolute atomic E-state index is 8.88. The van der Waals surface area contributed by atoms with Crippen LogP contribution in [0.1, 0.15) is 0 Å². The number of hydrogen-bond acceptors (Lipinski definition) is 2. The SMILES string of the molecule is O=P(O)(O)O.O=[PH](O)O.[Zr]. The molecule has 0 heterocycles. The molecule has 0 aromatic heterocycles. The minimum absolute atomic E-state index is 0. The first-order valence-electron chi connectivity index (χ1n) is 1.43. The van der Waals surface area contributed by atoms with E-state index in [-0.39, 0.29) is 26.2 Å². The molecule has 0 rings (SSSR count). The van der Waals surface area contributed by atoms with Gasteiger partial charge in [-0.05, 0) is 0 Å². The zero-order valence-corrected chi connectivity index (χ0v) is 8.85. The van der Waals surface area contributed by atoms with E-state index in [1.54, 1.807) is 0 Å². The largest absolute Gasteiger partial charge is 0.466 e. The topological polar surface area (TPSA) is 135 Å². The molecule has 10 heavy (non-hydrogen) atoms. The predicted octanol–water partition coefficient (Wildman–Crippen LogP) is -1.57. The second-order valence-electron chi connectivity index (χ2n) is 0.796. The Balaban J connectivity index is -0.0000000910. The van der Waals surface area contributed by atoms with Gasteiger partial charge in [0, 0.05) is 26.2 Å². The van der Waals surface area contributed by atoms with Gasteiger partial charge in [-0.3, -0.25) is 4.57 Å². The molecular weight excluding hydrogens is 265 g/mol. The molecule has 0 aliphatic carbocycles. The molecule has 0 radical (unpaired) electrons. The number of hydrogen-bond donors (Lipinski definition) is 5. The zero-order valence-electron chi connectivity index (χ0n) is 4.50. The van der Waals surface area contributed by atoms with E-state index < -0.39 is 16.1 Å². The molecule has 0 aliphatic rings. The predicted molar refractivity (Wildman–Crippen MR) is 27.7 cm³/mol. The quantitative estimate of drug-likeness (QED) is 0.336. The Kier molecular flexibility index (Phi) is 14.2. The summed E-state index contributed by atoms with van der Waals surface area (Å²) in [6.07, 6.45) is 0. The summed E-state index contributed by atoms with van der Waals surface area (Å²) >= 11 is 0. The number of phosphoric acid groups is 1. The van der Waals surface area contributed by atoms with Crippen molar-refractivity contribution in [3.05, 3.63) is 0 Å². The summed E-state index contributed by atoms with van der Waals surface area (Å²) < 4.78 is 17.6. The molecule has 0 fully saturated rings. The summed E-state index contributed by atoms with van der Waals surface area (Å²) in [6.45, 7) is 0. The molecule has 0 saturated heterocycles. The zero-order chi connectivity index (χ0) is 8.08. The van der Waals surface area contributed by atoms with Gasteiger partial charge in [-0.15, -0.1) is 0 Å². The Morgan fingerprint density at radius 2 is 1.10 bits per heavy atom. The van der Waals surface area contributed by atoms with Gasteiger partial charge in [-0.25, -0.2) is 4.57 Å². The average molecular weight is 271 g/mol. The van der Waals surface area contributed by atoms with Crippen LogP contribution in [-0.4, -0.2) is 24.5 Å². The van der Waals surface area contributed by atoms with Crippen LogP contribution >= 0.6 is 16.1 Å². The van der Waals surface area contributed by atoms with Crippen molar-refractivity contribution in [2.45, 2.75) is 0 Å². The first-order valence-corrected chi connectivity index (χ1v) is 4.30. The van der Waals surface area contributed by atoms with E-state index in [9.17, 15) is 0 Å². The van der Waals surface area contributed by atoms with E-state index in [0.717, 1.165) is 0 Å². The summed E-state index contributed by atoms with van der Waals surface area (Å²) in [4.78, 5) is 35.9. The van der Waals surface area contributed by atoms with Crippen LogP contribution < -0.4 is 0 Å². The third-order valence-corrected chi connectivity index (χ3v) is 0. The molecule has 0 saturated carbocycles. The third kappa shape index (κ3) is 464. The van der Waals surface area contributed by atoms with Crippen molar-refractivity contribution < 1.29 is 59.8 Å². The van der Waals surface area contributed by atoms with Crippen molar-refractivity contribution in [2.24, 2.45) is 0 Å². The van der Waals surface area contributed by atoms with E-state index in [2.05, 4.69) is 0 Å². The summed E-state index contributed by atoms with van der Waals surface area (Å²) in [6, 6.07) is 0. The molecule has 0 aliphatic heterocycles. The molecule has 10 heteroatoms. The molecule has 0 amide bonds. The minimum atomic E-state index is -4.64. The fourth-order valence-corrected chi connectivity index (χ4v) is 0. The van der Waals surface area contributed by atoms with Crippen molar-refractivity contribution in [2.75, 3.05) is 0 Å². The minimum Gasteiger partial charge on any atom is -0.326 e. The van der Waals surface area contributed by atoms with Crippen molar-refractivity contribution in [1.29, 1.82) is 0 Å². The monoisotopic (exact) mass is 270 g/mol. The van der Waals surface area contributed by atoms with Gasteiger partial charge in [-0.1, -0.05) is 0 Å². The molecule has 0 atom stereocenters. The summed E-state index contributed by atoms with van der Waals surface area (Å²) in [5, 5.41) is 0. The van der Waals surface area contributed by atoms with Crippen LogP contribution in [-0.2, 0) is 35.3 Å². The Morgan fingerprint density at radius 1 is 1.10 bits per heavy atom. The molecule has 7 nitrogen and oxygen atoms in total. The second-order valence-corrected chi connectivity index (χ2v) is 2.39. The van der Waals surface area contributed by atoms with Crippen molar-refractivity contribution >= 4 is 16.1 Å². The third-order valence-electron chi connectivity index (χ3n) is 0. The Bertz CT molecular complexity index is 111. The van der Waals surface area contributed by atoms with Gasteiger partial charge in [0.2, 0.25) is 0 Å². The Labute approximate surface area is 76.0 Å². The first kappa shape index (κ1) is 17.3. The molecule has 5 N–H and O–H groups in total. The summed E-state index contributed by atoms with van der Waals surface area (Å²) in [5.41, 5.74) is 0. The van der Waals surface area contributed by atoms with Crippen molar-refractivity contribution in [1.82, 2.24) is 0 Å². The van der Waals surface area contributed by atoms with Crippen LogP contribution in [0.15, 0.2) is 0 Å². The van der Waals surface area contributed by atoms with Crippen LogP contribution in [0.3, 0.4) is 0 Å². The number of rotatable bonds is 0. The van der Waals surface area contributed by atoms with E-state index in [1.165, 1.54) is 0 Å². The van der Waals surface area contributed by atoms with Crippen LogP contribution in [0.25, 0.3) is 0 Å². The van der Waals surface area contributed by atoms with Crippen molar-refractivity contribution in [3.8, 4) is 0 Å². The normalized spacial score (nSPS) is 9.40.